The molecule has 162 valence electrons. The second-order valence-corrected chi connectivity index (χ2v) is 9.61. The van der Waals surface area contributed by atoms with Crippen LogP contribution in [0.4, 0.5) is 10.5 Å². The Morgan fingerprint density at radius 1 is 1.23 bits per heavy atom. The number of nitrogens with one attached hydrogen (secondary N) is 2. The summed E-state index contributed by atoms with van der Waals surface area (Å²) in [6, 6.07) is 8.18. The first-order valence-electron chi connectivity index (χ1n) is 9.69. The Kier molecular flexibility index (Phi) is 6.99. The molecule has 1 aromatic heterocycles. The number of thiophene rings is 1. The average molecular weight is 452 g/mol. The van der Waals surface area contributed by atoms with Crippen molar-refractivity contribution >= 4 is 39.0 Å². The number of benzene rings is 1. The van der Waals surface area contributed by atoms with Crippen molar-refractivity contribution in [3.8, 4) is 0 Å². The predicted octanol–water partition coefficient (Wildman–Crippen LogP) is 3.21. The number of carbonyl (C=O) groups is 2. The Morgan fingerprint density at radius 2 is 1.97 bits per heavy atom. The lowest BCUT2D eigenvalue weighted by Crippen LogP contribution is -2.49. The third-order valence-electron chi connectivity index (χ3n) is 4.72. The Labute approximate surface area is 180 Å². The molecule has 1 aromatic carbocycles. The summed E-state index contributed by atoms with van der Waals surface area (Å²) in [5, 5.41) is 4.34. The standard InChI is InChI=1S/C20H25N3O5S2/c1-3-28-20(25)21-16-5-4-11-23(13-16)19(24)18-17(10-12-29-18)30(26,27)22-15-8-6-14(2)7-9-15/h6-10,12,16,22H,3-5,11,13H2,1-2H3,(H,21,25). The van der Waals surface area contributed by atoms with Crippen LogP contribution in [-0.4, -0.2) is 51.1 Å². The molecular formula is C20H25N3O5S2. The van der Waals surface area contributed by atoms with E-state index >= 15 is 0 Å². The number of nitrogens with zero attached hydrogens (tertiary/aromatic N) is 1. The molecule has 0 spiro atoms. The van der Waals surface area contributed by atoms with Gasteiger partial charge in [0.05, 0.1) is 6.61 Å². The predicted molar refractivity (Wildman–Crippen MR) is 115 cm³/mol. The molecule has 2 N–H and O–H groups in total. The second-order valence-electron chi connectivity index (χ2n) is 7.04. The van der Waals surface area contributed by atoms with Crippen LogP contribution in [0.5, 0.6) is 0 Å². The van der Waals surface area contributed by atoms with E-state index in [4.69, 9.17) is 4.74 Å². The molecule has 1 unspecified atom stereocenters. The molecule has 1 aliphatic heterocycles. The molecule has 30 heavy (non-hydrogen) atoms. The van der Waals surface area contributed by atoms with E-state index in [0.29, 0.717) is 25.2 Å². The Morgan fingerprint density at radius 3 is 2.67 bits per heavy atom. The highest BCUT2D eigenvalue weighted by atomic mass is 32.2. The zero-order valence-corrected chi connectivity index (χ0v) is 18.5. The minimum atomic E-state index is -3.91. The van der Waals surface area contributed by atoms with Crippen LogP contribution >= 0.6 is 11.3 Å². The van der Waals surface area contributed by atoms with Crippen LogP contribution in [0.2, 0.25) is 0 Å². The fraction of sp³-hybridized carbons (Fsp3) is 0.400. The van der Waals surface area contributed by atoms with Crippen molar-refractivity contribution in [1.29, 1.82) is 0 Å². The molecule has 2 heterocycles. The molecule has 0 bridgehead atoms. The molecule has 1 aliphatic rings. The SMILES string of the molecule is CCOC(=O)NC1CCCN(C(=O)c2sccc2S(=O)(=O)Nc2ccc(C)cc2)C1. The molecule has 1 atom stereocenters. The quantitative estimate of drug-likeness (QED) is 0.702. The number of rotatable bonds is 6. The van der Waals surface area contributed by atoms with E-state index in [-0.39, 0.29) is 28.3 Å². The lowest BCUT2D eigenvalue weighted by Gasteiger charge is -2.32. The smallest absolute Gasteiger partial charge is 0.407 e. The first kappa shape index (κ1) is 22.1. The van der Waals surface area contributed by atoms with E-state index in [0.717, 1.165) is 23.3 Å². The van der Waals surface area contributed by atoms with Gasteiger partial charge in [-0.05, 0) is 50.3 Å². The molecule has 10 heteroatoms. The number of piperidine rings is 1. The van der Waals surface area contributed by atoms with Crippen molar-refractivity contribution in [1.82, 2.24) is 10.2 Å². The number of hydrogen-bond acceptors (Lipinski definition) is 6. The third-order valence-corrected chi connectivity index (χ3v) is 7.18. The normalized spacial score (nSPS) is 16.7. The molecule has 0 radical (unpaired) electrons. The Hall–Kier alpha value is -2.59. The summed E-state index contributed by atoms with van der Waals surface area (Å²) in [5.74, 6) is -0.357. The minimum absolute atomic E-state index is 0.0430. The van der Waals surface area contributed by atoms with Crippen molar-refractivity contribution in [2.24, 2.45) is 0 Å². The van der Waals surface area contributed by atoms with Crippen molar-refractivity contribution in [2.75, 3.05) is 24.4 Å². The van der Waals surface area contributed by atoms with Gasteiger partial charge in [-0.15, -0.1) is 11.3 Å². The maximum Gasteiger partial charge on any atom is 0.407 e. The highest BCUT2D eigenvalue weighted by Gasteiger charge is 2.31. The van der Waals surface area contributed by atoms with Gasteiger partial charge in [-0.2, -0.15) is 0 Å². The lowest BCUT2D eigenvalue weighted by atomic mass is 10.1. The number of sulfonamides is 1. The van der Waals surface area contributed by atoms with E-state index in [2.05, 4.69) is 10.0 Å². The molecule has 2 aromatic rings. The maximum atomic E-state index is 13.1. The van der Waals surface area contributed by atoms with E-state index in [1.165, 1.54) is 6.07 Å². The minimum Gasteiger partial charge on any atom is -0.450 e. The molecule has 1 fully saturated rings. The molecule has 0 saturated carbocycles. The van der Waals surface area contributed by atoms with Crippen LogP contribution < -0.4 is 10.0 Å². The third kappa shape index (κ3) is 5.31. The van der Waals surface area contributed by atoms with Gasteiger partial charge in [-0.1, -0.05) is 17.7 Å². The fourth-order valence-electron chi connectivity index (χ4n) is 3.26. The summed E-state index contributed by atoms with van der Waals surface area (Å²) in [6.07, 6.45) is 0.920. The molecule has 0 aliphatic carbocycles. The maximum absolute atomic E-state index is 13.1. The van der Waals surface area contributed by atoms with Crippen LogP contribution in [-0.2, 0) is 14.8 Å². The summed E-state index contributed by atoms with van der Waals surface area (Å²) in [6.45, 7) is 4.71. The van der Waals surface area contributed by atoms with Gasteiger partial charge in [0, 0.05) is 24.8 Å². The van der Waals surface area contributed by atoms with Gasteiger partial charge < -0.3 is 15.0 Å². The van der Waals surface area contributed by atoms with Gasteiger partial charge >= 0.3 is 6.09 Å². The van der Waals surface area contributed by atoms with Crippen molar-refractivity contribution in [3.63, 3.8) is 0 Å². The highest BCUT2D eigenvalue weighted by molar-refractivity contribution is 7.93. The zero-order chi connectivity index (χ0) is 21.7. The van der Waals surface area contributed by atoms with Crippen LogP contribution in [0.15, 0.2) is 40.6 Å². The first-order chi connectivity index (χ1) is 14.3. The summed E-state index contributed by atoms with van der Waals surface area (Å²) in [4.78, 5) is 26.5. The molecular weight excluding hydrogens is 426 g/mol. The molecule has 8 nitrogen and oxygen atoms in total. The number of anilines is 1. The summed E-state index contributed by atoms with van der Waals surface area (Å²) in [5.41, 5.74) is 1.45. The highest BCUT2D eigenvalue weighted by Crippen LogP contribution is 2.27. The lowest BCUT2D eigenvalue weighted by molar-refractivity contribution is 0.0687. The van der Waals surface area contributed by atoms with Gasteiger partial charge in [0.25, 0.3) is 15.9 Å². The number of ether oxygens (including phenoxy) is 1. The van der Waals surface area contributed by atoms with Crippen LogP contribution in [0.3, 0.4) is 0 Å². The summed E-state index contributed by atoms with van der Waals surface area (Å²) in [7, 11) is -3.91. The fourth-order valence-corrected chi connectivity index (χ4v) is 5.71. The van der Waals surface area contributed by atoms with E-state index in [9.17, 15) is 18.0 Å². The largest absolute Gasteiger partial charge is 0.450 e. The number of amides is 2. The topological polar surface area (TPSA) is 105 Å². The van der Waals surface area contributed by atoms with Crippen LogP contribution in [0.25, 0.3) is 0 Å². The van der Waals surface area contributed by atoms with Crippen molar-refractivity contribution in [3.05, 3.63) is 46.2 Å². The van der Waals surface area contributed by atoms with E-state index in [1.807, 2.05) is 19.1 Å². The van der Waals surface area contributed by atoms with Gasteiger partial charge in [-0.3, -0.25) is 9.52 Å². The first-order valence-corrected chi connectivity index (χ1v) is 12.1. The summed E-state index contributed by atoms with van der Waals surface area (Å²) < 4.78 is 33.2. The Bertz CT molecular complexity index is 1000. The van der Waals surface area contributed by atoms with Crippen LogP contribution in [0.1, 0.15) is 35.0 Å². The van der Waals surface area contributed by atoms with Gasteiger partial charge in [0.2, 0.25) is 0 Å². The number of hydrogen-bond donors (Lipinski definition) is 2. The number of alkyl carbamates (subject to hydrolysis) is 1. The van der Waals surface area contributed by atoms with Crippen molar-refractivity contribution < 1.29 is 22.7 Å². The second kappa shape index (κ2) is 9.48. The summed E-state index contributed by atoms with van der Waals surface area (Å²) >= 11 is 1.09. The molecule has 3 rings (SSSR count). The molecule has 2 amide bonds. The average Bonchev–Trinajstić information content (AvgIpc) is 3.20. The van der Waals surface area contributed by atoms with Gasteiger partial charge in [0.15, 0.2) is 0 Å². The van der Waals surface area contributed by atoms with Gasteiger partial charge in [0.1, 0.15) is 9.77 Å². The van der Waals surface area contributed by atoms with E-state index in [1.54, 1.807) is 29.3 Å². The van der Waals surface area contributed by atoms with Crippen LogP contribution in [0, 0.1) is 6.92 Å². The number of aryl methyl sites for hydroxylation is 1. The molecule has 1 saturated heterocycles. The van der Waals surface area contributed by atoms with Crippen molar-refractivity contribution in [2.45, 2.75) is 37.6 Å². The van der Waals surface area contributed by atoms with Gasteiger partial charge in [-0.25, -0.2) is 13.2 Å². The Balaban J connectivity index is 1.74. The van der Waals surface area contributed by atoms with E-state index < -0.39 is 16.1 Å². The number of carbonyl (C=O) groups excluding carboxylic acids is 2. The zero-order valence-electron chi connectivity index (χ0n) is 16.9. The number of likely N-dealkylation sites (tertiary alicyclic amines) is 1. The monoisotopic (exact) mass is 451 g/mol.